The number of nitrogens with zero attached hydrogens (tertiary/aromatic N) is 3. The Hall–Kier alpha value is -2.10. The molecule has 8 nitrogen and oxygen atoms in total. The molecule has 2 atom stereocenters. The summed E-state index contributed by atoms with van der Waals surface area (Å²) in [4.78, 5) is 23.8. The van der Waals surface area contributed by atoms with Crippen LogP contribution in [0.4, 0.5) is 5.69 Å². The van der Waals surface area contributed by atoms with Crippen LogP contribution in [0.5, 0.6) is 0 Å². The third-order valence-electron chi connectivity index (χ3n) is 4.58. The number of ether oxygens (including phenoxy) is 1. The molecular weight excluding hydrogens is 414 g/mol. The van der Waals surface area contributed by atoms with Gasteiger partial charge < -0.3 is 20.4 Å². The summed E-state index contributed by atoms with van der Waals surface area (Å²) in [5, 5.41) is 12.0. The maximum atomic E-state index is 12.6. The van der Waals surface area contributed by atoms with Crippen molar-refractivity contribution >= 4 is 40.9 Å². The Bertz CT molecular complexity index is 869. The van der Waals surface area contributed by atoms with Crippen LogP contribution in [0.25, 0.3) is 0 Å². The van der Waals surface area contributed by atoms with E-state index in [2.05, 4.69) is 15.5 Å². The molecule has 10 heteroatoms. The maximum Gasteiger partial charge on any atom is 0.237 e. The minimum Gasteiger partial charge on any atom is -0.376 e. The average molecular weight is 438 g/mol. The van der Waals surface area contributed by atoms with Crippen LogP contribution in [-0.2, 0) is 27.3 Å². The highest BCUT2D eigenvalue weighted by atomic mass is 35.5. The van der Waals surface area contributed by atoms with E-state index in [9.17, 15) is 9.59 Å². The Morgan fingerprint density at radius 3 is 2.90 bits per heavy atom. The lowest BCUT2D eigenvalue weighted by molar-refractivity contribution is -0.118. The summed E-state index contributed by atoms with van der Waals surface area (Å²) in [5.74, 6) is 0.0901. The first-order valence-corrected chi connectivity index (χ1v) is 10.7. The first kappa shape index (κ1) is 21.6. The molecule has 2 heterocycles. The first-order chi connectivity index (χ1) is 13.9. The molecule has 0 aliphatic carbocycles. The summed E-state index contributed by atoms with van der Waals surface area (Å²) in [6.45, 7) is 3.12. The van der Waals surface area contributed by atoms with Crippen molar-refractivity contribution in [1.82, 2.24) is 14.8 Å². The number of amides is 2. The van der Waals surface area contributed by atoms with Crippen LogP contribution in [0, 0.1) is 0 Å². The van der Waals surface area contributed by atoms with Crippen molar-refractivity contribution in [1.29, 1.82) is 0 Å². The number of thioether (sulfide) groups is 1. The Morgan fingerprint density at radius 1 is 1.41 bits per heavy atom. The third kappa shape index (κ3) is 5.94. The number of halogens is 1. The zero-order valence-electron chi connectivity index (χ0n) is 16.1. The number of anilines is 1. The fraction of sp³-hybridized carbons (Fsp3) is 0.474. The number of benzene rings is 1. The van der Waals surface area contributed by atoms with Gasteiger partial charge in [0.15, 0.2) is 5.16 Å². The van der Waals surface area contributed by atoms with Crippen LogP contribution < -0.4 is 11.1 Å². The van der Waals surface area contributed by atoms with Crippen LogP contribution in [-0.4, -0.2) is 44.5 Å². The third-order valence-corrected chi connectivity index (χ3v) is 5.99. The summed E-state index contributed by atoms with van der Waals surface area (Å²) in [6, 6.07) is 7.08. The quantitative estimate of drug-likeness (QED) is 0.583. The number of aryl methyl sites for hydroxylation is 1. The van der Waals surface area contributed by atoms with E-state index in [-0.39, 0.29) is 18.4 Å². The SMILES string of the molecule is CC(Sc1nnc(CCC(N)=O)n1CC1CCCO1)C(=O)Nc1ccccc1Cl. The van der Waals surface area contributed by atoms with Gasteiger partial charge in [0.1, 0.15) is 5.82 Å². The van der Waals surface area contributed by atoms with Gasteiger partial charge in [-0.15, -0.1) is 10.2 Å². The molecule has 2 amide bonds. The normalized spacial score (nSPS) is 17.2. The first-order valence-electron chi connectivity index (χ1n) is 9.48. The second-order valence-electron chi connectivity index (χ2n) is 6.84. The zero-order chi connectivity index (χ0) is 20.8. The van der Waals surface area contributed by atoms with Crippen molar-refractivity contribution in [2.75, 3.05) is 11.9 Å². The number of hydrogen-bond donors (Lipinski definition) is 2. The molecule has 1 aromatic carbocycles. The average Bonchev–Trinajstić information content (AvgIpc) is 3.33. The minimum atomic E-state index is -0.428. The number of carbonyl (C=O) groups is 2. The Kier molecular flexibility index (Phi) is 7.51. The van der Waals surface area contributed by atoms with E-state index < -0.39 is 11.2 Å². The van der Waals surface area contributed by atoms with Crippen LogP contribution in [0.1, 0.15) is 32.0 Å². The van der Waals surface area contributed by atoms with Gasteiger partial charge in [0.25, 0.3) is 0 Å². The zero-order valence-corrected chi connectivity index (χ0v) is 17.7. The Balaban J connectivity index is 1.71. The van der Waals surface area contributed by atoms with E-state index >= 15 is 0 Å². The number of nitrogens with two attached hydrogens (primary N) is 1. The van der Waals surface area contributed by atoms with Crippen molar-refractivity contribution in [2.24, 2.45) is 5.73 Å². The number of aromatic nitrogens is 3. The summed E-state index contributed by atoms with van der Waals surface area (Å²) in [5.41, 5.74) is 5.84. The van der Waals surface area contributed by atoms with Gasteiger partial charge >= 0.3 is 0 Å². The number of para-hydroxylation sites is 1. The number of primary amides is 1. The lowest BCUT2D eigenvalue weighted by Crippen LogP contribution is -2.24. The van der Waals surface area contributed by atoms with Crippen molar-refractivity contribution in [2.45, 2.75) is 55.7 Å². The topological polar surface area (TPSA) is 112 Å². The van der Waals surface area contributed by atoms with Gasteiger partial charge in [0.2, 0.25) is 11.8 Å². The fourth-order valence-electron chi connectivity index (χ4n) is 3.01. The summed E-state index contributed by atoms with van der Waals surface area (Å²) in [7, 11) is 0. The second-order valence-corrected chi connectivity index (χ2v) is 8.56. The smallest absolute Gasteiger partial charge is 0.237 e. The van der Waals surface area contributed by atoms with E-state index in [1.807, 2.05) is 10.6 Å². The molecule has 3 rings (SSSR count). The minimum absolute atomic E-state index is 0.0740. The van der Waals surface area contributed by atoms with Gasteiger partial charge in [0, 0.05) is 19.4 Å². The molecule has 1 saturated heterocycles. The molecule has 1 aliphatic rings. The van der Waals surface area contributed by atoms with Crippen LogP contribution in [0.15, 0.2) is 29.4 Å². The second kappa shape index (κ2) is 10.1. The Labute approximate surface area is 178 Å². The predicted octanol–water partition coefficient (Wildman–Crippen LogP) is 2.65. The van der Waals surface area contributed by atoms with Crippen LogP contribution >= 0.6 is 23.4 Å². The van der Waals surface area contributed by atoms with E-state index in [4.69, 9.17) is 22.1 Å². The molecule has 2 unspecified atom stereocenters. The van der Waals surface area contributed by atoms with Crippen molar-refractivity contribution in [3.8, 4) is 0 Å². The predicted molar refractivity (Wildman–Crippen MR) is 112 cm³/mol. The largest absolute Gasteiger partial charge is 0.376 e. The lowest BCUT2D eigenvalue weighted by Gasteiger charge is -2.16. The van der Waals surface area contributed by atoms with Gasteiger partial charge in [-0.1, -0.05) is 35.5 Å². The molecular formula is C19H24ClN5O3S. The number of rotatable bonds is 9. The standard InChI is InChI=1S/C19H24ClN5O3S/c1-12(18(27)22-15-7-3-2-6-14(15)20)29-19-24-23-17(9-8-16(21)26)25(19)11-13-5-4-10-28-13/h2-3,6-7,12-13H,4-5,8-11H2,1H3,(H2,21,26)(H,22,27). The number of hydrogen-bond acceptors (Lipinski definition) is 6. The van der Waals surface area contributed by atoms with E-state index in [1.165, 1.54) is 11.8 Å². The molecule has 0 spiro atoms. The molecule has 1 aromatic heterocycles. The van der Waals surface area contributed by atoms with E-state index in [1.54, 1.807) is 25.1 Å². The van der Waals surface area contributed by atoms with Gasteiger partial charge in [-0.05, 0) is 31.9 Å². The molecule has 1 fully saturated rings. The molecule has 0 bridgehead atoms. The highest BCUT2D eigenvalue weighted by molar-refractivity contribution is 8.00. The maximum absolute atomic E-state index is 12.6. The number of nitrogens with one attached hydrogen (secondary N) is 1. The summed E-state index contributed by atoms with van der Waals surface area (Å²) < 4.78 is 7.67. The molecule has 1 aliphatic heterocycles. The summed E-state index contributed by atoms with van der Waals surface area (Å²) in [6.07, 6.45) is 2.64. The lowest BCUT2D eigenvalue weighted by atomic mass is 10.2. The van der Waals surface area contributed by atoms with Crippen molar-refractivity contribution in [3.05, 3.63) is 35.1 Å². The molecule has 2 aromatic rings. The van der Waals surface area contributed by atoms with E-state index in [0.717, 1.165) is 19.4 Å². The molecule has 3 N–H and O–H groups in total. The van der Waals surface area contributed by atoms with Gasteiger partial charge in [0.05, 0.1) is 28.6 Å². The summed E-state index contributed by atoms with van der Waals surface area (Å²) >= 11 is 7.42. The Morgan fingerprint density at radius 2 is 2.21 bits per heavy atom. The molecule has 29 heavy (non-hydrogen) atoms. The highest BCUT2D eigenvalue weighted by Gasteiger charge is 2.24. The van der Waals surface area contributed by atoms with Crippen molar-refractivity contribution < 1.29 is 14.3 Å². The molecule has 156 valence electrons. The van der Waals surface area contributed by atoms with Crippen LogP contribution in [0.3, 0.4) is 0 Å². The fourth-order valence-corrected chi connectivity index (χ4v) is 4.07. The highest BCUT2D eigenvalue weighted by Crippen LogP contribution is 2.27. The van der Waals surface area contributed by atoms with E-state index in [0.29, 0.717) is 34.7 Å². The van der Waals surface area contributed by atoms with Gasteiger partial charge in [-0.25, -0.2) is 0 Å². The molecule has 0 saturated carbocycles. The van der Waals surface area contributed by atoms with Crippen molar-refractivity contribution in [3.63, 3.8) is 0 Å². The van der Waals surface area contributed by atoms with Gasteiger partial charge in [-0.2, -0.15) is 0 Å². The monoisotopic (exact) mass is 437 g/mol. The molecule has 0 radical (unpaired) electrons. The number of carbonyl (C=O) groups excluding carboxylic acids is 2. The van der Waals surface area contributed by atoms with Crippen LogP contribution in [0.2, 0.25) is 5.02 Å². The van der Waals surface area contributed by atoms with Gasteiger partial charge in [-0.3, -0.25) is 9.59 Å².